The highest BCUT2D eigenvalue weighted by Crippen LogP contribution is 2.20. The molecular weight excluding hydrogens is 398 g/mol. The molecule has 0 atom stereocenters. The lowest BCUT2D eigenvalue weighted by molar-refractivity contribution is 0.211. The van der Waals surface area contributed by atoms with E-state index in [9.17, 15) is 0 Å². The molecule has 2 aromatic carbocycles. The topological polar surface area (TPSA) is 70.9 Å². The second kappa shape index (κ2) is 9.62. The Balaban J connectivity index is 1.14. The molecule has 7 nitrogen and oxygen atoms in total. The number of anilines is 3. The van der Waals surface area contributed by atoms with E-state index in [1.54, 1.807) is 18.7 Å². The first kappa shape index (κ1) is 20.2. The fourth-order valence-electron chi connectivity index (χ4n) is 4.04. The standard InChI is InChI=1S/C25H27N7/c1-2-4-20(5-3-1)18-31-15-11-22(12-16-31)28-24-10-13-27-25(30-24)29-21-6-8-23(9-7-21)32-17-14-26-19-32/h1-10,13-14,17,19,22H,11-12,15-16,18H2,(H2,27,28,29,30). The van der Waals surface area contributed by atoms with Gasteiger partial charge in [0.25, 0.3) is 0 Å². The first-order chi connectivity index (χ1) is 15.8. The van der Waals surface area contributed by atoms with E-state index >= 15 is 0 Å². The predicted molar refractivity (Wildman–Crippen MR) is 127 cm³/mol. The van der Waals surface area contributed by atoms with E-state index in [-0.39, 0.29) is 0 Å². The van der Waals surface area contributed by atoms with Crippen LogP contribution in [0.1, 0.15) is 18.4 Å². The lowest BCUT2D eigenvalue weighted by Gasteiger charge is -2.32. The lowest BCUT2D eigenvalue weighted by atomic mass is 10.0. The zero-order valence-electron chi connectivity index (χ0n) is 17.9. The normalized spacial score (nSPS) is 14.9. The number of aromatic nitrogens is 4. The zero-order valence-corrected chi connectivity index (χ0v) is 17.9. The minimum absolute atomic E-state index is 0.430. The van der Waals surface area contributed by atoms with Crippen LogP contribution < -0.4 is 10.6 Å². The van der Waals surface area contributed by atoms with E-state index in [2.05, 4.69) is 60.8 Å². The van der Waals surface area contributed by atoms with Gasteiger partial charge in [0.2, 0.25) is 5.95 Å². The van der Waals surface area contributed by atoms with Crippen molar-refractivity contribution in [1.29, 1.82) is 0 Å². The van der Waals surface area contributed by atoms with Gasteiger partial charge in [-0.05, 0) is 48.7 Å². The van der Waals surface area contributed by atoms with Gasteiger partial charge < -0.3 is 15.2 Å². The van der Waals surface area contributed by atoms with Gasteiger partial charge in [0.15, 0.2) is 0 Å². The maximum Gasteiger partial charge on any atom is 0.229 e. The lowest BCUT2D eigenvalue weighted by Crippen LogP contribution is -2.38. The molecule has 1 aliphatic rings. The predicted octanol–water partition coefficient (Wildman–Crippen LogP) is 4.48. The van der Waals surface area contributed by atoms with Gasteiger partial charge in [-0.3, -0.25) is 4.90 Å². The molecule has 3 heterocycles. The third-order valence-corrected chi connectivity index (χ3v) is 5.77. The van der Waals surface area contributed by atoms with E-state index in [0.29, 0.717) is 12.0 Å². The van der Waals surface area contributed by atoms with Crippen LogP contribution in [0.25, 0.3) is 5.69 Å². The van der Waals surface area contributed by atoms with Crippen LogP contribution in [-0.4, -0.2) is 43.6 Å². The summed E-state index contributed by atoms with van der Waals surface area (Å²) < 4.78 is 1.97. The van der Waals surface area contributed by atoms with Gasteiger partial charge in [0, 0.05) is 55.6 Å². The molecular formula is C25H27N7. The third kappa shape index (κ3) is 5.12. The number of piperidine rings is 1. The first-order valence-electron chi connectivity index (χ1n) is 11.0. The van der Waals surface area contributed by atoms with Crippen LogP contribution >= 0.6 is 0 Å². The summed E-state index contributed by atoms with van der Waals surface area (Å²) in [5.74, 6) is 1.45. The van der Waals surface area contributed by atoms with Crippen LogP contribution in [0.3, 0.4) is 0 Å². The third-order valence-electron chi connectivity index (χ3n) is 5.77. The fourth-order valence-corrected chi connectivity index (χ4v) is 4.04. The van der Waals surface area contributed by atoms with Crippen molar-refractivity contribution < 1.29 is 0 Å². The van der Waals surface area contributed by atoms with Crippen molar-refractivity contribution in [1.82, 2.24) is 24.4 Å². The first-order valence-corrected chi connectivity index (χ1v) is 11.0. The maximum absolute atomic E-state index is 4.66. The van der Waals surface area contributed by atoms with Crippen molar-refractivity contribution in [2.75, 3.05) is 23.7 Å². The highest BCUT2D eigenvalue weighted by Gasteiger charge is 2.19. The van der Waals surface area contributed by atoms with E-state index in [1.807, 2.05) is 41.1 Å². The molecule has 0 radical (unpaired) electrons. The molecule has 162 valence electrons. The van der Waals surface area contributed by atoms with Crippen LogP contribution in [0.5, 0.6) is 0 Å². The van der Waals surface area contributed by atoms with Gasteiger partial charge in [-0.25, -0.2) is 9.97 Å². The quantitative estimate of drug-likeness (QED) is 0.455. The molecule has 4 aromatic rings. The van der Waals surface area contributed by atoms with Crippen molar-refractivity contribution in [3.05, 3.63) is 91.1 Å². The molecule has 2 aromatic heterocycles. The molecule has 0 amide bonds. The SMILES string of the molecule is c1ccc(CN2CCC(Nc3ccnc(Nc4ccc(-n5ccnc5)cc4)n3)CC2)cc1. The minimum atomic E-state index is 0.430. The average molecular weight is 426 g/mol. The average Bonchev–Trinajstić information content (AvgIpc) is 3.37. The smallest absolute Gasteiger partial charge is 0.229 e. The van der Waals surface area contributed by atoms with Crippen molar-refractivity contribution in [2.45, 2.75) is 25.4 Å². The summed E-state index contributed by atoms with van der Waals surface area (Å²) in [5.41, 5.74) is 3.38. The summed E-state index contributed by atoms with van der Waals surface area (Å²) in [4.78, 5) is 15.6. The highest BCUT2D eigenvalue weighted by molar-refractivity contribution is 5.56. The number of nitrogens with one attached hydrogen (secondary N) is 2. The van der Waals surface area contributed by atoms with E-state index in [0.717, 1.165) is 49.7 Å². The Morgan fingerprint density at radius 3 is 2.47 bits per heavy atom. The van der Waals surface area contributed by atoms with Gasteiger partial charge in [0.1, 0.15) is 5.82 Å². The molecule has 32 heavy (non-hydrogen) atoms. The van der Waals surface area contributed by atoms with Crippen LogP contribution in [-0.2, 0) is 6.54 Å². The molecule has 1 aliphatic heterocycles. The van der Waals surface area contributed by atoms with Crippen LogP contribution in [0.2, 0.25) is 0 Å². The second-order valence-electron chi connectivity index (χ2n) is 8.09. The zero-order chi connectivity index (χ0) is 21.6. The number of imidazole rings is 1. The molecule has 2 N–H and O–H groups in total. The number of nitrogens with zero attached hydrogens (tertiary/aromatic N) is 5. The number of benzene rings is 2. The van der Waals surface area contributed by atoms with E-state index in [1.165, 1.54) is 5.56 Å². The number of likely N-dealkylation sites (tertiary alicyclic amines) is 1. The molecule has 0 spiro atoms. The van der Waals surface area contributed by atoms with Crippen molar-refractivity contribution >= 4 is 17.5 Å². The minimum Gasteiger partial charge on any atom is -0.367 e. The Bertz CT molecular complexity index is 1100. The van der Waals surface area contributed by atoms with Crippen molar-refractivity contribution in [2.24, 2.45) is 0 Å². The van der Waals surface area contributed by atoms with Crippen molar-refractivity contribution in [3.8, 4) is 5.69 Å². The van der Waals surface area contributed by atoms with Crippen LogP contribution in [0.4, 0.5) is 17.5 Å². The van der Waals surface area contributed by atoms with Crippen LogP contribution in [0.15, 0.2) is 85.6 Å². The fraction of sp³-hybridized carbons (Fsp3) is 0.240. The summed E-state index contributed by atoms with van der Waals surface area (Å²) in [7, 11) is 0. The van der Waals surface area contributed by atoms with Gasteiger partial charge in [-0.1, -0.05) is 30.3 Å². The molecule has 0 unspecified atom stereocenters. The van der Waals surface area contributed by atoms with Crippen molar-refractivity contribution in [3.63, 3.8) is 0 Å². The molecule has 0 aliphatic carbocycles. The highest BCUT2D eigenvalue weighted by atomic mass is 15.2. The summed E-state index contributed by atoms with van der Waals surface area (Å²) in [6.07, 6.45) is 9.48. The van der Waals surface area contributed by atoms with Gasteiger partial charge in [-0.2, -0.15) is 4.98 Å². The van der Waals surface area contributed by atoms with E-state index in [4.69, 9.17) is 0 Å². The number of rotatable bonds is 7. The summed E-state index contributed by atoms with van der Waals surface area (Å²) in [6.45, 7) is 3.20. The number of hydrogen-bond donors (Lipinski definition) is 2. The Morgan fingerprint density at radius 1 is 0.906 bits per heavy atom. The Kier molecular flexibility index (Phi) is 6.07. The second-order valence-corrected chi connectivity index (χ2v) is 8.09. The molecule has 7 heteroatoms. The summed E-state index contributed by atoms with van der Waals surface area (Å²) >= 11 is 0. The Labute approximate surface area is 188 Å². The van der Waals surface area contributed by atoms with Gasteiger partial charge in [-0.15, -0.1) is 0 Å². The largest absolute Gasteiger partial charge is 0.367 e. The molecule has 0 saturated carbocycles. The summed E-state index contributed by atoms with van der Waals surface area (Å²) in [5, 5.41) is 6.88. The summed E-state index contributed by atoms with van der Waals surface area (Å²) in [6, 6.07) is 21.2. The number of hydrogen-bond acceptors (Lipinski definition) is 6. The Morgan fingerprint density at radius 2 is 1.72 bits per heavy atom. The molecule has 1 saturated heterocycles. The van der Waals surface area contributed by atoms with Gasteiger partial charge >= 0.3 is 0 Å². The van der Waals surface area contributed by atoms with Crippen LogP contribution in [0, 0.1) is 0 Å². The Hall–Kier alpha value is -3.71. The maximum atomic E-state index is 4.66. The molecule has 0 bridgehead atoms. The molecule has 1 fully saturated rings. The van der Waals surface area contributed by atoms with E-state index < -0.39 is 0 Å². The molecule has 5 rings (SSSR count). The monoisotopic (exact) mass is 425 g/mol. The van der Waals surface area contributed by atoms with Gasteiger partial charge in [0.05, 0.1) is 6.33 Å².